The summed E-state index contributed by atoms with van der Waals surface area (Å²) in [5.74, 6) is 0.936. The molecule has 0 unspecified atom stereocenters. The van der Waals surface area contributed by atoms with Crippen LogP contribution in [0, 0.1) is 12.8 Å². The molecule has 0 aromatic carbocycles. The van der Waals surface area contributed by atoms with E-state index in [1.165, 1.54) is 0 Å². The van der Waals surface area contributed by atoms with E-state index in [1.807, 2.05) is 19.9 Å². The van der Waals surface area contributed by atoms with Gasteiger partial charge in [0.2, 0.25) is 0 Å². The summed E-state index contributed by atoms with van der Waals surface area (Å²) in [6, 6.07) is 1.93. The number of esters is 1. The van der Waals surface area contributed by atoms with Crippen molar-refractivity contribution in [1.82, 2.24) is 4.98 Å². The largest absolute Gasteiger partial charge is 0.466 e. The van der Waals surface area contributed by atoms with Crippen LogP contribution < -0.4 is 10.6 Å². The summed E-state index contributed by atoms with van der Waals surface area (Å²) in [5.41, 5.74) is 7.47. The van der Waals surface area contributed by atoms with Crippen LogP contribution in [0.3, 0.4) is 0 Å². The summed E-state index contributed by atoms with van der Waals surface area (Å²) >= 11 is 0. The van der Waals surface area contributed by atoms with E-state index < -0.39 is 0 Å². The molecule has 19 heavy (non-hydrogen) atoms. The molecule has 2 N–H and O–H groups in total. The van der Waals surface area contributed by atoms with Crippen molar-refractivity contribution >= 4 is 17.5 Å². The second-order valence-electron chi connectivity index (χ2n) is 4.92. The number of anilines is 2. The third-order valence-corrected chi connectivity index (χ3v) is 3.49. The first-order valence-corrected chi connectivity index (χ1v) is 6.75. The average molecular weight is 263 g/mol. The number of carbonyl (C=O) groups is 1. The number of piperidine rings is 1. The quantitative estimate of drug-likeness (QED) is 0.841. The maximum Gasteiger partial charge on any atom is 0.309 e. The zero-order valence-corrected chi connectivity index (χ0v) is 11.6. The van der Waals surface area contributed by atoms with Crippen molar-refractivity contribution in [2.24, 2.45) is 5.92 Å². The molecule has 1 aliphatic rings. The van der Waals surface area contributed by atoms with Crippen LogP contribution >= 0.6 is 0 Å². The predicted molar refractivity (Wildman–Crippen MR) is 75.0 cm³/mol. The molecule has 0 amide bonds. The minimum absolute atomic E-state index is 0.0327. The van der Waals surface area contributed by atoms with Gasteiger partial charge in [0, 0.05) is 13.1 Å². The first-order valence-electron chi connectivity index (χ1n) is 6.75. The number of hydrogen-bond donors (Lipinski definition) is 1. The number of ether oxygens (including phenoxy) is 1. The molecule has 5 heteroatoms. The number of nitrogens with zero attached hydrogens (tertiary/aromatic N) is 2. The van der Waals surface area contributed by atoms with Gasteiger partial charge in [-0.05, 0) is 38.3 Å². The van der Waals surface area contributed by atoms with Gasteiger partial charge in [0.1, 0.15) is 5.82 Å². The molecular formula is C14H21N3O2. The molecule has 1 aromatic heterocycles. The van der Waals surface area contributed by atoms with Crippen molar-refractivity contribution in [2.45, 2.75) is 26.7 Å². The summed E-state index contributed by atoms with van der Waals surface area (Å²) in [6.45, 7) is 5.98. The lowest BCUT2D eigenvalue weighted by Gasteiger charge is -2.32. The minimum atomic E-state index is -0.0656. The smallest absolute Gasteiger partial charge is 0.309 e. The van der Waals surface area contributed by atoms with E-state index in [4.69, 9.17) is 10.5 Å². The fourth-order valence-corrected chi connectivity index (χ4v) is 2.51. The molecule has 0 spiro atoms. The number of pyridine rings is 1. The lowest BCUT2D eigenvalue weighted by molar-refractivity contribution is -0.148. The summed E-state index contributed by atoms with van der Waals surface area (Å²) in [4.78, 5) is 18.3. The topological polar surface area (TPSA) is 68.5 Å². The van der Waals surface area contributed by atoms with Crippen LogP contribution in [0.15, 0.2) is 12.3 Å². The molecule has 0 radical (unpaired) electrons. The molecule has 2 rings (SSSR count). The number of carbonyl (C=O) groups excluding carboxylic acids is 1. The van der Waals surface area contributed by atoms with E-state index in [0.717, 1.165) is 37.3 Å². The molecule has 0 saturated carbocycles. The SMILES string of the molecule is CCOC(=O)C1CCN(c2ncc(N)cc2C)CC1. The summed E-state index contributed by atoms with van der Waals surface area (Å²) in [6.07, 6.45) is 3.33. The summed E-state index contributed by atoms with van der Waals surface area (Å²) < 4.78 is 5.07. The van der Waals surface area contributed by atoms with Crippen molar-refractivity contribution < 1.29 is 9.53 Å². The standard InChI is InChI=1S/C14H21N3O2/c1-3-19-14(18)11-4-6-17(7-5-11)13-10(2)8-12(15)9-16-13/h8-9,11H,3-7,15H2,1-2H3. The zero-order chi connectivity index (χ0) is 13.8. The van der Waals surface area contributed by atoms with Gasteiger partial charge in [-0.1, -0.05) is 0 Å². The Kier molecular flexibility index (Phi) is 4.24. The van der Waals surface area contributed by atoms with Crippen LogP contribution in [0.5, 0.6) is 0 Å². The van der Waals surface area contributed by atoms with Crippen molar-refractivity contribution in [3.8, 4) is 0 Å². The van der Waals surface area contributed by atoms with Crippen molar-refractivity contribution in [3.63, 3.8) is 0 Å². The van der Waals surface area contributed by atoms with E-state index in [-0.39, 0.29) is 11.9 Å². The maximum atomic E-state index is 11.7. The Morgan fingerprint density at radius 1 is 1.53 bits per heavy atom. The van der Waals surface area contributed by atoms with Gasteiger partial charge >= 0.3 is 5.97 Å². The normalized spacial score (nSPS) is 16.4. The zero-order valence-electron chi connectivity index (χ0n) is 11.6. The first kappa shape index (κ1) is 13.6. The van der Waals surface area contributed by atoms with Gasteiger partial charge in [0.05, 0.1) is 24.4 Å². The molecule has 5 nitrogen and oxygen atoms in total. The Hall–Kier alpha value is -1.78. The number of nitrogen functional groups attached to an aromatic ring is 1. The second-order valence-corrected chi connectivity index (χ2v) is 4.92. The van der Waals surface area contributed by atoms with Gasteiger partial charge in [-0.2, -0.15) is 0 Å². The molecule has 1 aromatic rings. The molecule has 1 saturated heterocycles. The molecule has 1 aliphatic heterocycles. The molecule has 0 bridgehead atoms. The number of nitrogens with two attached hydrogens (primary N) is 1. The minimum Gasteiger partial charge on any atom is -0.466 e. The third-order valence-electron chi connectivity index (χ3n) is 3.49. The molecule has 1 fully saturated rings. The summed E-state index contributed by atoms with van der Waals surface area (Å²) in [5, 5.41) is 0. The average Bonchev–Trinajstić information content (AvgIpc) is 2.39. The molecule has 0 atom stereocenters. The van der Waals surface area contributed by atoms with Gasteiger partial charge in [0.15, 0.2) is 0 Å². The van der Waals surface area contributed by atoms with E-state index in [1.54, 1.807) is 6.20 Å². The molecule has 0 aliphatic carbocycles. The number of rotatable bonds is 3. The maximum absolute atomic E-state index is 11.7. The highest BCUT2D eigenvalue weighted by Gasteiger charge is 2.26. The van der Waals surface area contributed by atoms with E-state index in [2.05, 4.69) is 9.88 Å². The monoisotopic (exact) mass is 263 g/mol. The lowest BCUT2D eigenvalue weighted by atomic mass is 9.97. The number of aromatic nitrogens is 1. The van der Waals surface area contributed by atoms with Crippen LogP contribution in [0.2, 0.25) is 0 Å². The highest BCUT2D eigenvalue weighted by Crippen LogP contribution is 2.25. The Balaban J connectivity index is 1.98. The summed E-state index contributed by atoms with van der Waals surface area (Å²) in [7, 11) is 0. The third kappa shape index (κ3) is 3.16. The number of aryl methyl sites for hydroxylation is 1. The predicted octanol–water partition coefficient (Wildman–Crippen LogP) is 1.75. The van der Waals surface area contributed by atoms with Gasteiger partial charge < -0.3 is 15.4 Å². The van der Waals surface area contributed by atoms with Gasteiger partial charge in [-0.25, -0.2) is 4.98 Å². The molecule has 104 valence electrons. The van der Waals surface area contributed by atoms with Crippen molar-refractivity contribution in [1.29, 1.82) is 0 Å². The van der Waals surface area contributed by atoms with Crippen molar-refractivity contribution in [3.05, 3.63) is 17.8 Å². The van der Waals surface area contributed by atoms with Crippen LogP contribution in [0.1, 0.15) is 25.3 Å². The van der Waals surface area contributed by atoms with Gasteiger partial charge in [-0.15, -0.1) is 0 Å². The fraction of sp³-hybridized carbons (Fsp3) is 0.571. The highest BCUT2D eigenvalue weighted by molar-refractivity contribution is 5.72. The Bertz CT molecular complexity index is 454. The Morgan fingerprint density at radius 2 is 2.21 bits per heavy atom. The number of hydrogen-bond acceptors (Lipinski definition) is 5. The highest BCUT2D eigenvalue weighted by atomic mass is 16.5. The molecular weight excluding hydrogens is 242 g/mol. The Labute approximate surface area is 113 Å². The fourth-order valence-electron chi connectivity index (χ4n) is 2.51. The van der Waals surface area contributed by atoms with Gasteiger partial charge in [-0.3, -0.25) is 4.79 Å². The first-order chi connectivity index (χ1) is 9.11. The van der Waals surface area contributed by atoms with E-state index in [0.29, 0.717) is 12.3 Å². The lowest BCUT2D eigenvalue weighted by Crippen LogP contribution is -2.37. The van der Waals surface area contributed by atoms with Crippen LogP contribution in [0.25, 0.3) is 0 Å². The van der Waals surface area contributed by atoms with Crippen LogP contribution in [-0.2, 0) is 9.53 Å². The second kappa shape index (κ2) is 5.91. The molecule has 2 heterocycles. The van der Waals surface area contributed by atoms with E-state index >= 15 is 0 Å². The Morgan fingerprint density at radius 3 is 2.79 bits per heavy atom. The van der Waals surface area contributed by atoms with Crippen molar-refractivity contribution in [2.75, 3.05) is 30.3 Å². The van der Waals surface area contributed by atoms with Gasteiger partial charge in [0.25, 0.3) is 0 Å². The van der Waals surface area contributed by atoms with Crippen LogP contribution in [-0.4, -0.2) is 30.6 Å². The van der Waals surface area contributed by atoms with Crippen LogP contribution in [0.4, 0.5) is 11.5 Å². The van der Waals surface area contributed by atoms with E-state index in [9.17, 15) is 4.79 Å².